The van der Waals surface area contributed by atoms with Gasteiger partial charge in [-0.1, -0.05) is 0 Å². The molecule has 0 atom stereocenters. The molecule has 0 saturated carbocycles. The van der Waals surface area contributed by atoms with Gasteiger partial charge in [-0.15, -0.1) is 0 Å². The Morgan fingerprint density at radius 3 is 1.68 bits per heavy atom. The van der Waals surface area contributed by atoms with Crippen molar-refractivity contribution >= 4 is 21.8 Å². The largest absolute Gasteiger partial charge is 0.399 e. The zero-order valence-corrected chi connectivity index (χ0v) is 11.0. The van der Waals surface area contributed by atoms with E-state index in [-0.39, 0.29) is 13.2 Å². The van der Waals surface area contributed by atoms with Gasteiger partial charge >= 0.3 is 10.4 Å². The van der Waals surface area contributed by atoms with E-state index in [1.54, 1.807) is 12.1 Å². The van der Waals surface area contributed by atoms with Crippen molar-refractivity contribution in [2.75, 3.05) is 36.9 Å². The van der Waals surface area contributed by atoms with Crippen LogP contribution in [-0.4, -0.2) is 54.0 Å². The van der Waals surface area contributed by atoms with E-state index in [4.69, 9.17) is 33.5 Å². The van der Waals surface area contributed by atoms with Crippen LogP contribution in [0, 0.1) is 0 Å². The first-order valence-corrected chi connectivity index (χ1v) is 6.69. The highest BCUT2D eigenvalue weighted by atomic mass is 32.3. The molecule has 1 rings (SSSR count). The highest BCUT2D eigenvalue weighted by Gasteiger charge is 2.03. The monoisotopic (exact) mass is 294 g/mol. The van der Waals surface area contributed by atoms with E-state index in [2.05, 4.69) is 0 Å². The summed E-state index contributed by atoms with van der Waals surface area (Å²) in [5, 5.41) is 17.7. The summed E-state index contributed by atoms with van der Waals surface area (Å²) in [6.07, 6.45) is 0. The minimum absolute atomic E-state index is 0.0738. The smallest absolute Gasteiger partial charge is 0.394 e. The van der Waals surface area contributed by atoms with Gasteiger partial charge in [0.05, 0.1) is 13.2 Å². The predicted molar refractivity (Wildman–Crippen MR) is 71.4 cm³/mol. The summed E-state index contributed by atoms with van der Waals surface area (Å²) in [6, 6.07) is 7.36. The fraction of sp³-hybridized carbons (Fsp3) is 0.400. The van der Waals surface area contributed by atoms with Gasteiger partial charge in [0.15, 0.2) is 0 Å². The first-order valence-electron chi connectivity index (χ1n) is 5.30. The van der Waals surface area contributed by atoms with Gasteiger partial charge in [0.2, 0.25) is 0 Å². The number of rotatable bonds is 5. The lowest BCUT2D eigenvalue weighted by molar-refractivity contribution is 0.281. The van der Waals surface area contributed by atoms with E-state index >= 15 is 0 Å². The lowest BCUT2D eigenvalue weighted by atomic mass is 10.2. The van der Waals surface area contributed by atoms with E-state index in [0.717, 1.165) is 5.69 Å². The molecule has 1 aromatic rings. The van der Waals surface area contributed by atoms with Crippen molar-refractivity contribution in [3.8, 4) is 0 Å². The summed E-state index contributed by atoms with van der Waals surface area (Å²) in [6.45, 7) is 1.18. The zero-order valence-electron chi connectivity index (χ0n) is 10.2. The van der Waals surface area contributed by atoms with Crippen LogP contribution in [0.5, 0.6) is 0 Å². The maximum absolute atomic E-state index is 8.83. The molecule has 0 saturated heterocycles. The van der Waals surface area contributed by atoms with Crippen molar-refractivity contribution in [2.45, 2.75) is 0 Å². The van der Waals surface area contributed by atoms with Crippen LogP contribution >= 0.6 is 0 Å². The van der Waals surface area contributed by atoms with Gasteiger partial charge in [0.1, 0.15) is 0 Å². The van der Waals surface area contributed by atoms with Gasteiger partial charge in [-0.3, -0.25) is 9.11 Å². The highest BCUT2D eigenvalue weighted by Crippen LogP contribution is 2.15. The summed E-state index contributed by atoms with van der Waals surface area (Å²) < 4.78 is 31.6. The SMILES string of the molecule is Nc1ccc(N(CCO)CCO)cc1.O=S(=O)(O)O. The molecule has 0 aromatic heterocycles. The molecular weight excluding hydrogens is 276 g/mol. The number of aliphatic hydroxyl groups excluding tert-OH is 2. The van der Waals surface area contributed by atoms with Crippen LogP contribution in [0.1, 0.15) is 0 Å². The van der Waals surface area contributed by atoms with Crippen LogP contribution in [0.15, 0.2) is 24.3 Å². The number of aliphatic hydroxyl groups is 2. The summed E-state index contributed by atoms with van der Waals surface area (Å²) >= 11 is 0. The Kier molecular flexibility index (Phi) is 8.03. The van der Waals surface area contributed by atoms with Gasteiger partial charge in [-0.2, -0.15) is 8.42 Å². The molecule has 0 amide bonds. The number of hydrogen-bond donors (Lipinski definition) is 5. The van der Waals surface area contributed by atoms with Crippen molar-refractivity contribution in [3.05, 3.63) is 24.3 Å². The van der Waals surface area contributed by atoms with E-state index in [9.17, 15) is 0 Å². The molecule has 0 heterocycles. The Morgan fingerprint density at radius 1 is 1.00 bits per heavy atom. The average molecular weight is 294 g/mol. The Hall–Kier alpha value is -1.39. The molecule has 0 unspecified atom stereocenters. The standard InChI is InChI=1S/C10H16N2O2.H2O4S/c11-9-1-3-10(4-2-9)12(5-7-13)6-8-14;1-5(2,3)4/h1-4,13-14H,5-8,11H2;(H2,1,2,3,4). The maximum atomic E-state index is 8.83. The molecule has 110 valence electrons. The first-order chi connectivity index (χ1) is 8.77. The van der Waals surface area contributed by atoms with Crippen molar-refractivity contribution in [1.82, 2.24) is 0 Å². The summed E-state index contributed by atoms with van der Waals surface area (Å²) in [5.41, 5.74) is 7.23. The minimum atomic E-state index is -4.67. The lowest BCUT2D eigenvalue weighted by Gasteiger charge is -2.22. The van der Waals surface area contributed by atoms with Crippen molar-refractivity contribution in [3.63, 3.8) is 0 Å². The van der Waals surface area contributed by atoms with Crippen LogP contribution < -0.4 is 10.6 Å². The molecule has 0 fully saturated rings. The number of anilines is 2. The van der Waals surface area contributed by atoms with Crippen LogP contribution in [0.25, 0.3) is 0 Å². The first kappa shape index (κ1) is 17.6. The Labute approximate surface area is 111 Å². The average Bonchev–Trinajstić information content (AvgIpc) is 2.28. The van der Waals surface area contributed by atoms with Gasteiger partial charge in [0, 0.05) is 24.5 Å². The summed E-state index contributed by atoms with van der Waals surface area (Å²) in [7, 11) is -4.67. The third kappa shape index (κ3) is 10.2. The number of hydrogen-bond acceptors (Lipinski definition) is 6. The number of nitrogen functional groups attached to an aromatic ring is 1. The Balaban J connectivity index is 0.000000555. The highest BCUT2D eigenvalue weighted by molar-refractivity contribution is 7.79. The summed E-state index contributed by atoms with van der Waals surface area (Å²) in [5.74, 6) is 0. The number of nitrogens with zero attached hydrogens (tertiary/aromatic N) is 1. The molecule has 8 nitrogen and oxygen atoms in total. The van der Waals surface area contributed by atoms with Crippen LogP contribution in [-0.2, 0) is 10.4 Å². The van der Waals surface area contributed by atoms with Crippen LogP contribution in [0.2, 0.25) is 0 Å². The van der Waals surface area contributed by atoms with Crippen molar-refractivity contribution in [2.24, 2.45) is 0 Å². The Morgan fingerprint density at radius 2 is 1.37 bits per heavy atom. The van der Waals surface area contributed by atoms with Gasteiger partial charge in [0.25, 0.3) is 0 Å². The summed E-state index contributed by atoms with van der Waals surface area (Å²) in [4.78, 5) is 1.90. The lowest BCUT2D eigenvalue weighted by Crippen LogP contribution is -2.29. The van der Waals surface area contributed by atoms with Gasteiger partial charge in [-0.05, 0) is 24.3 Å². The van der Waals surface area contributed by atoms with Crippen LogP contribution in [0.3, 0.4) is 0 Å². The Bertz CT molecular complexity index is 434. The maximum Gasteiger partial charge on any atom is 0.394 e. The van der Waals surface area contributed by atoms with E-state index in [1.807, 2.05) is 17.0 Å². The second-order valence-corrected chi connectivity index (χ2v) is 4.37. The predicted octanol–water partition coefficient (Wildman–Crippen LogP) is -0.593. The van der Waals surface area contributed by atoms with Crippen molar-refractivity contribution in [1.29, 1.82) is 0 Å². The molecule has 0 aliphatic carbocycles. The molecule has 0 bridgehead atoms. The zero-order chi connectivity index (χ0) is 14.9. The third-order valence-corrected chi connectivity index (χ3v) is 2.00. The molecule has 9 heteroatoms. The van der Waals surface area contributed by atoms with E-state index in [0.29, 0.717) is 18.8 Å². The van der Waals surface area contributed by atoms with E-state index in [1.165, 1.54) is 0 Å². The van der Waals surface area contributed by atoms with Gasteiger partial charge in [-0.25, -0.2) is 0 Å². The van der Waals surface area contributed by atoms with Crippen molar-refractivity contribution < 1.29 is 27.7 Å². The number of nitrogens with two attached hydrogens (primary N) is 1. The normalized spacial score (nSPS) is 10.5. The molecule has 19 heavy (non-hydrogen) atoms. The molecule has 0 radical (unpaired) electrons. The fourth-order valence-corrected chi connectivity index (χ4v) is 1.30. The van der Waals surface area contributed by atoms with Crippen LogP contribution in [0.4, 0.5) is 11.4 Å². The topological polar surface area (TPSA) is 144 Å². The molecule has 0 aliphatic heterocycles. The molecule has 1 aromatic carbocycles. The fourth-order valence-electron chi connectivity index (χ4n) is 1.30. The second-order valence-electron chi connectivity index (χ2n) is 3.47. The number of benzene rings is 1. The third-order valence-electron chi connectivity index (χ3n) is 2.00. The quantitative estimate of drug-likeness (QED) is 0.358. The minimum Gasteiger partial charge on any atom is -0.399 e. The molecule has 0 spiro atoms. The second kappa shape index (κ2) is 8.67. The molecule has 6 N–H and O–H groups in total. The molecule has 0 aliphatic rings. The molecular formula is C10H18N2O6S. The van der Waals surface area contributed by atoms with Gasteiger partial charge < -0.3 is 20.8 Å². The van der Waals surface area contributed by atoms with E-state index < -0.39 is 10.4 Å².